The quantitative estimate of drug-likeness (QED) is 0.798. The first-order chi connectivity index (χ1) is 13.1. The number of hydrogen-bond donors (Lipinski definition) is 2. The van der Waals surface area contributed by atoms with Crippen LogP contribution < -0.4 is 5.32 Å². The Labute approximate surface area is 161 Å². The molecule has 1 unspecified atom stereocenters. The number of carboxylic acid groups (broad SMARTS) is 1. The average Bonchev–Trinajstić information content (AvgIpc) is 3.18. The Bertz CT molecular complexity index is 841. The van der Waals surface area contributed by atoms with Crippen molar-refractivity contribution < 1.29 is 19.5 Å². The molecule has 0 spiro atoms. The Balaban J connectivity index is 1.56. The first kappa shape index (κ1) is 19.0. The van der Waals surface area contributed by atoms with Crippen molar-refractivity contribution in [2.24, 2.45) is 0 Å². The highest BCUT2D eigenvalue weighted by atomic mass is 32.2. The van der Waals surface area contributed by atoms with Crippen molar-refractivity contribution in [1.82, 2.24) is 10.2 Å². The van der Waals surface area contributed by atoms with Crippen molar-refractivity contribution in [3.8, 4) is 0 Å². The van der Waals surface area contributed by atoms with Gasteiger partial charge in [0.15, 0.2) is 0 Å². The van der Waals surface area contributed by atoms with Gasteiger partial charge in [-0.15, -0.1) is 11.8 Å². The fraction of sp³-hybridized carbons (Fsp3) is 0.250. The zero-order valence-corrected chi connectivity index (χ0v) is 15.4. The van der Waals surface area contributed by atoms with E-state index in [-0.39, 0.29) is 17.4 Å². The second kappa shape index (κ2) is 8.73. The number of rotatable bonds is 6. The van der Waals surface area contributed by atoms with E-state index in [0.717, 1.165) is 5.56 Å². The van der Waals surface area contributed by atoms with Crippen LogP contribution in [0.1, 0.15) is 26.3 Å². The molecule has 3 rings (SSSR count). The smallest absolute Gasteiger partial charge is 0.335 e. The summed E-state index contributed by atoms with van der Waals surface area (Å²) in [6, 6.07) is 15.1. The fourth-order valence-electron chi connectivity index (χ4n) is 2.91. The van der Waals surface area contributed by atoms with Crippen LogP contribution in [0.4, 0.5) is 0 Å². The molecular formula is C20H20N2O4S. The van der Waals surface area contributed by atoms with Gasteiger partial charge in [0, 0.05) is 17.9 Å². The third kappa shape index (κ3) is 4.68. The predicted octanol–water partition coefficient (Wildman–Crippen LogP) is 2.26. The maximum absolute atomic E-state index is 12.6. The fourth-order valence-corrected chi connectivity index (χ4v) is 4.07. The highest BCUT2D eigenvalue weighted by Crippen LogP contribution is 2.23. The van der Waals surface area contributed by atoms with Crippen LogP contribution in [-0.2, 0) is 11.2 Å². The standard InChI is InChI=1S/C20H20N2O4S/c23-18(21-10-9-14-5-4-8-16(11-14)20(25)26)17-12-27-13-22(17)19(24)15-6-2-1-3-7-15/h1-8,11,17H,9-10,12-13H2,(H,21,23)(H,25,26). The molecule has 1 aliphatic heterocycles. The molecule has 6 nitrogen and oxygen atoms in total. The van der Waals surface area contributed by atoms with Crippen LogP contribution in [0.25, 0.3) is 0 Å². The van der Waals surface area contributed by atoms with Gasteiger partial charge in [0.05, 0.1) is 11.4 Å². The molecule has 1 fully saturated rings. The molecule has 0 radical (unpaired) electrons. The van der Waals surface area contributed by atoms with Gasteiger partial charge in [-0.2, -0.15) is 0 Å². The van der Waals surface area contributed by atoms with Crippen LogP contribution in [0.5, 0.6) is 0 Å². The molecule has 7 heteroatoms. The van der Waals surface area contributed by atoms with Crippen LogP contribution in [0.2, 0.25) is 0 Å². The Morgan fingerprint density at radius 1 is 1.07 bits per heavy atom. The summed E-state index contributed by atoms with van der Waals surface area (Å²) in [5.41, 5.74) is 1.64. The van der Waals surface area contributed by atoms with Gasteiger partial charge < -0.3 is 15.3 Å². The topological polar surface area (TPSA) is 86.7 Å². The zero-order valence-electron chi connectivity index (χ0n) is 14.6. The summed E-state index contributed by atoms with van der Waals surface area (Å²) < 4.78 is 0. The largest absolute Gasteiger partial charge is 0.478 e. The Hall–Kier alpha value is -2.80. The highest BCUT2D eigenvalue weighted by molar-refractivity contribution is 7.99. The first-order valence-electron chi connectivity index (χ1n) is 8.60. The molecule has 0 aromatic heterocycles. The van der Waals surface area contributed by atoms with E-state index in [1.807, 2.05) is 12.1 Å². The van der Waals surface area contributed by atoms with E-state index in [2.05, 4.69) is 5.32 Å². The van der Waals surface area contributed by atoms with Crippen LogP contribution >= 0.6 is 11.8 Å². The summed E-state index contributed by atoms with van der Waals surface area (Å²) in [5, 5.41) is 11.9. The van der Waals surface area contributed by atoms with Crippen molar-refractivity contribution in [3.05, 3.63) is 71.3 Å². The van der Waals surface area contributed by atoms with Crippen molar-refractivity contribution in [2.75, 3.05) is 18.2 Å². The van der Waals surface area contributed by atoms with Crippen LogP contribution in [0.15, 0.2) is 54.6 Å². The molecule has 1 saturated heterocycles. The van der Waals surface area contributed by atoms with Gasteiger partial charge in [-0.05, 0) is 36.2 Å². The molecule has 27 heavy (non-hydrogen) atoms. The zero-order chi connectivity index (χ0) is 19.2. The van der Waals surface area contributed by atoms with Crippen LogP contribution in [0.3, 0.4) is 0 Å². The number of thioether (sulfide) groups is 1. The molecule has 0 saturated carbocycles. The molecule has 2 N–H and O–H groups in total. The number of aromatic carboxylic acids is 1. The molecule has 2 aromatic carbocycles. The summed E-state index contributed by atoms with van der Waals surface area (Å²) in [6.45, 7) is 0.385. The summed E-state index contributed by atoms with van der Waals surface area (Å²) >= 11 is 1.56. The number of carbonyl (C=O) groups excluding carboxylic acids is 2. The number of nitrogens with zero attached hydrogens (tertiary/aromatic N) is 1. The van der Waals surface area contributed by atoms with E-state index in [9.17, 15) is 14.4 Å². The lowest BCUT2D eigenvalue weighted by molar-refractivity contribution is -0.124. The van der Waals surface area contributed by atoms with Gasteiger partial charge in [-0.3, -0.25) is 9.59 Å². The lowest BCUT2D eigenvalue weighted by atomic mass is 10.1. The van der Waals surface area contributed by atoms with E-state index in [1.54, 1.807) is 53.1 Å². The number of hydrogen-bond acceptors (Lipinski definition) is 4. The van der Waals surface area contributed by atoms with E-state index in [0.29, 0.717) is 30.2 Å². The monoisotopic (exact) mass is 384 g/mol. The van der Waals surface area contributed by atoms with Gasteiger partial charge in [0.1, 0.15) is 6.04 Å². The van der Waals surface area contributed by atoms with Gasteiger partial charge in [0.2, 0.25) is 5.91 Å². The van der Waals surface area contributed by atoms with Crippen molar-refractivity contribution in [1.29, 1.82) is 0 Å². The van der Waals surface area contributed by atoms with E-state index < -0.39 is 12.0 Å². The average molecular weight is 384 g/mol. The maximum Gasteiger partial charge on any atom is 0.335 e. The van der Waals surface area contributed by atoms with Gasteiger partial charge >= 0.3 is 5.97 Å². The van der Waals surface area contributed by atoms with E-state index >= 15 is 0 Å². The minimum absolute atomic E-state index is 0.144. The third-order valence-electron chi connectivity index (χ3n) is 4.35. The van der Waals surface area contributed by atoms with Crippen LogP contribution in [0, 0.1) is 0 Å². The molecule has 2 aromatic rings. The first-order valence-corrected chi connectivity index (χ1v) is 9.75. The summed E-state index contributed by atoms with van der Waals surface area (Å²) in [6.07, 6.45) is 0.527. The minimum atomic E-state index is -0.973. The van der Waals surface area contributed by atoms with Gasteiger partial charge in [-0.25, -0.2) is 4.79 Å². The van der Waals surface area contributed by atoms with Gasteiger partial charge in [-0.1, -0.05) is 30.3 Å². The third-order valence-corrected chi connectivity index (χ3v) is 5.37. The van der Waals surface area contributed by atoms with Crippen molar-refractivity contribution in [3.63, 3.8) is 0 Å². The van der Waals surface area contributed by atoms with Gasteiger partial charge in [0.25, 0.3) is 5.91 Å². The molecule has 1 atom stereocenters. The van der Waals surface area contributed by atoms with Crippen LogP contribution in [-0.4, -0.2) is 52.0 Å². The predicted molar refractivity (Wildman–Crippen MR) is 104 cm³/mol. The number of nitrogens with one attached hydrogen (secondary N) is 1. The molecular weight excluding hydrogens is 364 g/mol. The molecule has 0 bridgehead atoms. The molecule has 1 aliphatic rings. The minimum Gasteiger partial charge on any atom is -0.478 e. The van der Waals surface area contributed by atoms with Crippen molar-refractivity contribution in [2.45, 2.75) is 12.5 Å². The number of amides is 2. The number of carbonyl (C=O) groups is 3. The molecule has 0 aliphatic carbocycles. The SMILES string of the molecule is O=C(O)c1cccc(CCNC(=O)C2CSCN2C(=O)c2ccccc2)c1. The van der Waals surface area contributed by atoms with Crippen molar-refractivity contribution >= 4 is 29.5 Å². The molecule has 1 heterocycles. The number of benzene rings is 2. The Morgan fingerprint density at radius 3 is 2.56 bits per heavy atom. The van der Waals surface area contributed by atoms with E-state index in [4.69, 9.17) is 5.11 Å². The lowest BCUT2D eigenvalue weighted by Crippen LogP contribution is -2.47. The Kier molecular flexibility index (Phi) is 6.13. The highest BCUT2D eigenvalue weighted by Gasteiger charge is 2.34. The summed E-state index contributed by atoms with van der Waals surface area (Å²) in [7, 11) is 0. The summed E-state index contributed by atoms with van der Waals surface area (Å²) in [4.78, 5) is 37.8. The van der Waals surface area contributed by atoms with E-state index in [1.165, 1.54) is 6.07 Å². The molecule has 2 amide bonds. The maximum atomic E-state index is 12.6. The molecule has 140 valence electrons. The second-order valence-electron chi connectivity index (χ2n) is 6.20. The Morgan fingerprint density at radius 2 is 1.81 bits per heavy atom. The summed E-state index contributed by atoms with van der Waals surface area (Å²) in [5.74, 6) is -0.238. The second-order valence-corrected chi connectivity index (χ2v) is 7.20. The normalized spacial score (nSPS) is 16.1. The lowest BCUT2D eigenvalue weighted by Gasteiger charge is -2.23. The number of carboxylic acids is 1.